The van der Waals surface area contributed by atoms with Crippen molar-refractivity contribution in [1.29, 1.82) is 0 Å². The molecule has 1 aromatic carbocycles. The van der Waals surface area contributed by atoms with Crippen molar-refractivity contribution in [2.24, 2.45) is 9.36 Å². The molecule has 0 bridgehead atoms. The molecule has 9 nitrogen and oxygen atoms in total. The molecule has 1 saturated heterocycles. The van der Waals surface area contributed by atoms with Crippen molar-refractivity contribution in [3.05, 3.63) is 36.3 Å². The third-order valence-corrected chi connectivity index (χ3v) is 8.11. The Hall–Kier alpha value is -2.72. The van der Waals surface area contributed by atoms with Crippen LogP contribution in [0.2, 0.25) is 0 Å². The number of halogens is 1. The number of guanidine groups is 1. The van der Waals surface area contributed by atoms with E-state index < -0.39 is 9.73 Å². The molecule has 4 rings (SSSR count). The number of methoxy groups -OCH3 is 2. The minimum Gasteiger partial charge on any atom is -0.493 e. The molecule has 2 aromatic rings. The maximum atomic E-state index is 13.9. The van der Waals surface area contributed by atoms with Crippen LogP contribution in [0.15, 0.2) is 49.2 Å². The van der Waals surface area contributed by atoms with Crippen LogP contribution in [-0.2, 0) is 9.73 Å². The Balaban J connectivity index is 0.00000289. The monoisotopic (exact) mass is 482 g/mol. The maximum Gasteiger partial charge on any atom is 0.289 e. The second-order valence-corrected chi connectivity index (χ2v) is 10.3. The fourth-order valence-electron chi connectivity index (χ4n) is 3.62. The average molecular weight is 483 g/mol. The van der Waals surface area contributed by atoms with Crippen molar-refractivity contribution in [2.75, 3.05) is 40.4 Å². The Morgan fingerprint density at radius 1 is 1.12 bits per heavy atom. The molecule has 1 aromatic heterocycles. The number of fused-ring (bicyclic) bond motifs is 1. The van der Waals surface area contributed by atoms with Gasteiger partial charge in [-0.3, -0.25) is 4.79 Å². The van der Waals surface area contributed by atoms with Crippen molar-refractivity contribution in [1.82, 2.24) is 9.80 Å². The fourth-order valence-corrected chi connectivity index (χ4v) is 5.52. The summed E-state index contributed by atoms with van der Waals surface area (Å²) in [6.07, 6.45) is 1.49. The number of amides is 1. The minimum atomic E-state index is -2.77. The summed E-state index contributed by atoms with van der Waals surface area (Å²) in [5.41, 5.74) is 0.565. The van der Waals surface area contributed by atoms with E-state index in [4.69, 9.17) is 13.9 Å². The van der Waals surface area contributed by atoms with Gasteiger partial charge in [0.05, 0.1) is 40.8 Å². The van der Waals surface area contributed by atoms with Crippen molar-refractivity contribution in [3.8, 4) is 11.5 Å². The molecule has 0 saturated carbocycles. The van der Waals surface area contributed by atoms with Gasteiger partial charge in [0, 0.05) is 43.6 Å². The number of nitrogens with zero attached hydrogens (tertiary/aromatic N) is 4. The number of aliphatic imine (C=N–C) groups is 1. The Labute approximate surface area is 194 Å². The number of hydrogen-bond donors (Lipinski definition) is 0. The van der Waals surface area contributed by atoms with Gasteiger partial charge in [-0.05, 0) is 26.0 Å². The third kappa shape index (κ3) is 4.16. The summed E-state index contributed by atoms with van der Waals surface area (Å²) in [4.78, 5) is 21.5. The van der Waals surface area contributed by atoms with Crippen molar-refractivity contribution >= 4 is 39.7 Å². The summed E-state index contributed by atoms with van der Waals surface area (Å²) in [5, 5.41) is -0.225. The molecule has 174 valence electrons. The molecule has 1 atom stereocenters. The number of rotatable bonds is 4. The zero-order valence-corrected chi connectivity index (χ0v) is 20.1. The first-order chi connectivity index (χ1) is 14.9. The van der Waals surface area contributed by atoms with Crippen LogP contribution in [0.3, 0.4) is 0 Å². The Morgan fingerprint density at radius 3 is 2.34 bits per heavy atom. The number of carbonyl (C=O) groups is 1. The lowest BCUT2D eigenvalue weighted by Crippen LogP contribution is -2.50. The highest BCUT2D eigenvalue weighted by atomic mass is 35.5. The lowest BCUT2D eigenvalue weighted by Gasteiger charge is -2.36. The first-order valence-electron chi connectivity index (χ1n) is 10.1. The van der Waals surface area contributed by atoms with Crippen LogP contribution in [0.5, 0.6) is 11.5 Å². The number of piperazine rings is 1. The van der Waals surface area contributed by atoms with E-state index in [1.165, 1.54) is 6.26 Å². The van der Waals surface area contributed by atoms with Gasteiger partial charge < -0.3 is 23.7 Å². The molecular formula is C21H27ClN4O5S. The van der Waals surface area contributed by atoms with Gasteiger partial charge in [0.25, 0.3) is 5.91 Å². The molecule has 32 heavy (non-hydrogen) atoms. The molecule has 2 aliphatic rings. The lowest BCUT2D eigenvalue weighted by molar-refractivity contribution is 0.0659. The van der Waals surface area contributed by atoms with Crippen LogP contribution in [-0.4, -0.2) is 71.5 Å². The predicted molar refractivity (Wildman–Crippen MR) is 124 cm³/mol. The molecule has 11 heteroatoms. The first-order valence-corrected chi connectivity index (χ1v) is 11.6. The minimum absolute atomic E-state index is 0. The number of benzene rings is 1. The van der Waals surface area contributed by atoms with Gasteiger partial charge in [0.15, 0.2) is 17.3 Å². The number of carbonyl (C=O) groups excluding carboxylic acids is 1. The molecule has 0 radical (unpaired) electrons. The highest BCUT2D eigenvalue weighted by molar-refractivity contribution is 7.94. The fraction of sp³-hybridized carbons (Fsp3) is 0.429. The molecule has 0 spiro atoms. The molecule has 0 N–H and O–H groups in total. The van der Waals surface area contributed by atoms with Crippen LogP contribution >= 0.6 is 12.4 Å². The topological polar surface area (TPSA) is 96.9 Å². The summed E-state index contributed by atoms with van der Waals surface area (Å²) in [6, 6.07) is 6.80. The van der Waals surface area contributed by atoms with E-state index in [0.29, 0.717) is 60.0 Å². The highest BCUT2D eigenvalue weighted by Crippen LogP contribution is 2.41. The largest absolute Gasteiger partial charge is 0.493 e. The SMILES string of the molecule is COc1cc2c(cc1OC)S(=O)(C(C)C)=NC(N1CCN(C(=O)c3ccco3)CC1)=N2.Cl. The van der Waals surface area contributed by atoms with Gasteiger partial charge in [-0.1, -0.05) is 0 Å². The Kier molecular flexibility index (Phi) is 7.04. The second-order valence-electron chi connectivity index (χ2n) is 7.55. The highest BCUT2D eigenvalue weighted by Gasteiger charge is 2.32. The standard InChI is InChI=1S/C21H26N4O5S.ClH/c1-14(2)31(27)19-13-18(29-4)17(28-3)12-15(19)22-21(23-31)25-9-7-24(8-10-25)20(26)16-6-5-11-30-16;/h5-6,11-14H,7-10H2,1-4H3;1H. The molecule has 1 unspecified atom stereocenters. The predicted octanol–water partition coefficient (Wildman–Crippen LogP) is 3.41. The second kappa shape index (κ2) is 9.41. The van der Waals surface area contributed by atoms with E-state index in [1.807, 2.05) is 18.7 Å². The third-order valence-electron chi connectivity index (χ3n) is 5.44. The van der Waals surface area contributed by atoms with Gasteiger partial charge in [-0.2, -0.15) is 4.36 Å². The maximum absolute atomic E-state index is 13.9. The molecule has 3 heterocycles. The summed E-state index contributed by atoms with van der Waals surface area (Å²) < 4.78 is 34.6. The van der Waals surface area contributed by atoms with E-state index in [1.54, 1.807) is 43.4 Å². The zero-order chi connectivity index (χ0) is 22.2. The molecule has 1 fully saturated rings. The summed E-state index contributed by atoms with van der Waals surface area (Å²) in [7, 11) is 0.328. The van der Waals surface area contributed by atoms with Crippen LogP contribution in [0, 0.1) is 0 Å². The number of furan rings is 1. The Morgan fingerprint density at radius 2 is 1.78 bits per heavy atom. The van der Waals surface area contributed by atoms with Crippen LogP contribution in [0.4, 0.5) is 5.69 Å². The number of hydrogen-bond acceptors (Lipinski definition) is 8. The van der Waals surface area contributed by atoms with Gasteiger partial charge in [-0.15, -0.1) is 12.4 Å². The molecule has 2 aliphatic heterocycles. The van der Waals surface area contributed by atoms with Crippen molar-refractivity contribution < 1.29 is 22.9 Å². The normalized spacial score (nSPS) is 20.1. The molecule has 0 aliphatic carbocycles. The van der Waals surface area contributed by atoms with Crippen LogP contribution < -0.4 is 9.47 Å². The number of ether oxygens (including phenoxy) is 2. The van der Waals surface area contributed by atoms with Crippen LogP contribution in [0.1, 0.15) is 24.4 Å². The van der Waals surface area contributed by atoms with Gasteiger partial charge in [0.2, 0.25) is 5.96 Å². The summed E-state index contributed by atoms with van der Waals surface area (Å²) in [5.74, 6) is 1.62. The van der Waals surface area contributed by atoms with E-state index in [-0.39, 0.29) is 23.6 Å². The Bertz CT molecular complexity index is 1130. The summed E-state index contributed by atoms with van der Waals surface area (Å²) in [6.45, 7) is 5.83. The quantitative estimate of drug-likeness (QED) is 0.662. The van der Waals surface area contributed by atoms with E-state index in [0.717, 1.165) is 0 Å². The smallest absolute Gasteiger partial charge is 0.289 e. The molecular weight excluding hydrogens is 456 g/mol. The lowest BCUT2D eigenvalue weighted by atomic mass is 10.2. The van der Waals surface area contributed by atoms with Crippen molar-refractivity contribution in [2.45, 2.75) is 24.0 Å². The van der Waals surface area contributed by atoms with E-state index in [2.05, 4.69) is 9.36 Å². The van der Waals surface area contributed by atoms with Crippen molar-refractivity contribution in [3.63, 3.8) is 0 Å². The van der Waals surface area contributed by atoms with Gasteiger partial charge >= 0.3 is 0 Å². The van der Waals surface area contributed by atoms with Gasteiger partial charge in [0.1, 0.15) is 0 Å². The van der Waals surface area contributed by atoms with E-state index in [9.17, 15) is 9.00 Å². The molecule has 1 amide bonds. The van der Waals surface area contributed by atoms with Gasteiger partial charge in [-0.25, -0.2) is 9.20 Å². The summed E-state index contributed by atoms with van der Waals surface area (Å²) >= 11 is 0. The van der Waals surface area contributed by atoms with Crippen LogP contribution in [0.25, 0.3) is 0 Å². The zero-order valence-electron chi connectivity index (χ0n) is 18.4. The van der Waals surface area contributed by atoms with E-state index >= 15 is 0 Å². The average Bonchev–Trinajstić information content (AvgIpc) is 3.32. The first kappa shape index (κ1) is 23.9.